The van der Waals surface area contributed by atoms with Crippen LogP contribution in [0.4, 0.5) is 10.5 Å². The second-order valence-corrected chi connectivity index (χ2v) is 3.51. The number of alkyl halides is 1. The second-order valence-electron chi connectivity index (χ2n) is 2.87. The Morgan fingerprint density at radius 2 is 2.29 bits per heavy atom. The average Bonchev–Trinajstić information content (AvgIpc) is 2.61. The SMILES string of the molecule is O=C1OC(CBr)CN1c1cncnc1. The Morgan fingerprint density at radius 1 is 1.57 bits per heavy atom. The maximum atomic E-state index is 11.4. The van der Waals surface area contributed by atoms with Gasteiger partial charge in [-0.1, -0.05) is 15.9 Å². The molecule has 1 saturated heterocycles. The Bertz CT molecular complexity index is 333. The zero-order valence-corrected chi connectivity index (χ0v) is 8.85. The molecule has 1 aliphatic heterocycles. The highest BCUT2D eigenvalue weighted by Crippen LogP contribution is 2.20. The lowest BCUT2D eigenvalue weighted by Gasteiger charge is -2.10. The minimum Gasteiger partial charge on any atom is -0.443 e. The summed E-state index contributed by atoms with van der Waals surface area (Å²) in [5.41, 5.74) is 0.668. The molecule has 0 spiro atoms. The van der Waals surface area contributed by atoms with Crippen molar-refractivity contribution in [3.63, 3.8) is 0 Å². The van der Waals surface area contributed by atoms with Crippen molar-refractivity contribution in [3.8, 4) is 0 Å². The van der Waals surface area contributed by atoms with Gasteiger partial charge in [-0.15, -0.1) is 0 Å². The van der Waals surface area contributed by atoms with Gasteiger partial charge >= 0.3 is 6.09 Å². The molecule has 2 rings (SSSR count). The summed E-state index contributed by atoms with van der Waals surface area (Å²) in [6, 6.07) is 0. The topological polar surface area (TPSA) is 55.3 Å². The minimum atomic E-state index is -0.343. The number of hydrogen-bond donors (Lipinski definition) is 0. The number of hydrogen-bond acceptors (Lipinski definition) is 4. The molecule has 6 heteroatoms. The molecule has 74 valence electrons. The highest BCUT2D eigenvalue weighted by molar-refractivity contribution is 9.09. The van der Waals surface area contributed by atoms with Gasteiger partial charge in [0.05, 0.1) is 24.6 Å². The van der Waals surface area contributed by atoms with Gasteiger partial charge in [0, 0.05) is 5.33 Å². The number of anilines is 1. The van der Waals surface area contributed by atoms with Crippen LogP contribution in [-0.2, 0) is 4.74 Å². The number of rotatable bonds is 2. The van der Waals surface area contributed by atoms with Gasteiger partial charge in [-0.05, 0) is 0 Å². The summed E-state index contributed by atoms with van der Waals surface area (Å²) < 4.78 is 5.06. The van der Waals surface area contributed by atoms with E-state index in [9.17, 15) is 4.79 Å². The van der Waals surface area contributed by atoms with Crippen molar-refractivity contribution < 1.29 is 9.53 Å². The highest BCUT2D eigenvalue weighted by Gasteiger charge is 2.31. The Morgan fingerprint density at radius 3 is 2.86 bits per heavy atom. The lowest BCUT2D eigenvalue weighted by atomic mass is 10.4. The average molecular weight is 258 g/mol. The first-order chi connectivity index (χ1) is 6.81. The first-order valence-corrected chi connectivity index (χ1v) is 5.22. The van der Waals surface area contributed by atoms with Crippen LogP contribution < -0.4 is 4.90 Å². The van der Waals surface area contributed by atoms with E-state index >= 15 is 0 Å². The fraction of sp³-hybridized carbons (Fsp3) is 0.375. The number of carbonyl (C=O) groups is 1. The van der Waals surface area contributed by atoms with Crippen molar-refractivity contribution in [3.05, 3.63) is 18.7 Å². The van der Waals surface area contributed by atoms with Crippen LogP contribution in [0.2, 0.25) is 0 Å². The van der Waals surface area contributed by atoms with Crippen molar-refractivity contribution in [1.29, 1.82) is 0 Å². The van der Waals surface area contributed by atoms with E-state index in [1.54, 1.807) is 12.4 Å². The quantitative estimate of drug-likeness (QED) is 0.748. The lowest BCUT2D eigenvalue weighted by Crippen LogP contribution is -2.24. The van der Waals surface area contributed by atoms with Gasteiger partial charge in [0.2, 0.25) is 0 Å². The Hall–Kier alpha value is -1.17. The predicted molar refractivity (Wildman–Crippen MR) is 53.4 cm³/mol. The number of nitrogens with zero attached hydrogens (tertiary/aromatic N) is 3. The van der Waals surface area contributed by atoms with Crippen LogP contribution in [0.5, 0.6) is 0 Å². The van der Waals surface area contributed by atoms with Crippen LogP contribution in [0.25, 0.3) is 0 Å². The molecule has 5 nitrogen and oxygen atoms in total. The summed E-state index contributed by atoms with van der Waals surface area (Å²) in [4.78, 5) is 20.6. The van der Waals surface area contributed by atoms with E-state index in [1.807, 2.05) is 0 Å². The summed E-state index contributed by atoms with van der Waals surface area (Å²) in [5.74, 6) is 0. The van der Waals surface area contributed by atoms with Crippen molar-refractivity contribution in [2.75, 3.05) is 16.8 Å². The van der Waals surface area contributed by atoms with Gasteiger partial charge in [-0.25, -0.2) is 14.8 Å². The zero-order chi connectivity index (χ0) is 9.97. The first kappa shape index (κ1) is 9.39. The van der Waals surface area contributed by atoms with E-state index in [0.717, 1.165) is 0 Å². The fourth-order valence-electron chi connectivity index (χ4n) is 1.24. The second kappa shape index (κ2) is 3.91. The summed E-state index contributed by atoms with van der Waals surface area (Å²) in [5, 5.41) is 0.642. The molecule has 2 heterocycles. The van der Waals surface area contributed by atoms with E-state index in [1.165, 1.54) is 11.2 Å². The third kappa shape index (κ3) is 1.70. The molecule has 0 saturated carbocycles. The van der Waals surface area contributed by atoms with E-state index < -0.39 is 0 Å². The normalized spacial score (nSPS) is 21.1. The molecule has 0 radical (unpaired) electrons. The summed E-state index contributed by atoms with van der Waals surface area (Å²) >= 11 is 3.27. The van der Waals surface area contributed by atoms with E-state index in [0.29, 0.717) is 17.6 Å². The van der Waals surface area contributed by atoms with Gasteiger partial charge in [0.25, 0.3) is 0 Å². The summed E-state index contributed by atoms with van der Waals surface area (Å²) in [6.07, 6.45) is 4.16. The van der Waals surface area contributed by atoms with E-state index in [2.05, 4.69) is 25.9 Å². The van der Waals surface area contributed by atoms with E-state index in [4.69, 9.17) is 4.74 Å². The highest BCUT2D eigenvalue weighted by atomic mass is 79.9. The molecule has 1 aromatic rings. The monoisotopic (exact) mass is 257 g/mol. The largest absolute Gasteiger partial charge is 0.443 e. The smallest absolute Gasteiger partial charge is 0.414 e. The third-order valence-corrected chi connectivity index (χ3v) is 2.63. The van der Waals surface area contributed by atoms with Crippen LogP contribution in [-0.4, -0.2) is 34.0 Å². The first-order valence-electron chi connectivity index (χ1n) is 4.10. The van der Waals surface area contributed by atoms with Crippen molar-refractivity contribution >= 4 is 27.7 Å². The maximum Gasteiger partial charge on any atom is 0.414 e. The maximum absolute atomic E-state index is 11.4. The molecule has 1 atom stereocenters. The Labute approximate surface area is 89.2 Å². The van der Waals surface area contributed by atoms with Crippen LogP contribution in [0.15, 0.2) is 18.7 Å². The fourth-order valence-corrected chi connectivity index (χ4v) is 1.58. The van der Waals surface area contributed by atoms with Crippen LogP contribution in [0.1, 0.15) is 0 Å². The van der Waals surface area contributed by atoms with Gasteiger partial charge in [-0.2, -0.15) is 0 Å². The summed E-state index contributed by atoms with van der Waals surface area (Å²) in [7, 11) is 0. The number of carbonyl (C=O) groups excluding carboxylic acids is 1. The predicted octanol–water partition coefficient (Wildman–Crippen LogP) is 1.20. The van der Waals surface area contributed by atoms with Crippen LogP contribution in [0.3, 0.4) is 0 Å². The molecule has 0 aromatic carbocycles. The molecule has 1 aliphatic rings. The number of ether oxygens (including phenoxy) is 1. The molecule has 1 aromatic heterocycles. The number of cyclic esters (lactones) is 1. The third-order valence-electron chi connectivity index (χ3n) is 1.90. The molecular formula is C8H8BrN3O2. The van der Waals surface area contributed by atoms with E-state index in [-0.39, 0.29) is 12.2 Å². The van der Waals surface area contributed by atoms with Gasteiger partial charge < -0.3 is 4.74 Å². The molecular weight excluding hydrogens is 250 g/mol. The minimum absolute atomic E-state index is 0.0947. The van der Waals surface area contributed by atoms with Crippen molar-refractivity contribution in [1.82, 2.24) is 9.97 Å². The van der Waals surface area contributed by atoms with Gasteiger partial charge in [0.15, 0.2) is 0 Å². The molecule has 14 heavy (non-hydrogen) atoms. The van der Waals surface area contributed by atoms with Crippen LogP contribution in [0, 0.1) is 0 Å². The van der Waals surface area contributed by atoms with Gasteiger partial charge in [0.1, 0.15) is 12.4 Å². The zero-order valence-electron chi connectivity index (χ0n) is 7.26. The van der Waals surface area contributed by atoms with Crippen LogP contribution >= 0.6 is 15.9 Å². The standard InChI is InChI=1S/C8H8BrN3O2/c9-1-7-4-12(8(13)14-7)6-2-10-5-11-3-6/h2-3,5,7H,1,4H2. The summed E-state index contributed by atoms with van der Waals surface area (Å²) in [6.45, 7) is 0.539. The molecule has 0 N–H and O–H groups in total. The lowest BCUT2D eigenvalue weighted by molar-refractivity contribution is 0.152. The van der Waals surface area contributed by atoms with Crippen molar-refractivity contribution in [2.24, 2.45) is 0 Å². The molecule has 0 bridgehead atoms. The molecule has 1 amide bonds. The number of halogens is 1. The Balaban J connectivity index is 2.17. The van der Waals surface area contributed by atoms with Gasteiger partial charge in [-0.3, -0.25) is 4.90 Å². The van der Waals surface area contributed by atoms with Crippen molar-refractivity contribution in [2.45, 2.75) is 6.10 Å². The Kier molecular flexibility index (Phi) is 2.62. The molecule has 1 unspecified atom stereocenters. The number of amides is 1. The molecule has 1 fully saturated rings. The number of aromatic nitrogens is 2. The molecule has 0 aliphatic carbocycles.